The lowest BCUT2D eigenvalue weighted by Gasteiger charge is -2.08. The number of benzene rings is 2. The molecule has 4 heteroatoms. The van der Waals surface area contributed by atoms with Gasteiger partial charge in [-0.3, -0.25) is 0 Å². The Balaban J connectivity index is 2.00. The number of aryl methyl sites for hydroxylation is 2. The minimum absolute atomic E-state index is 0.780. The summed E-state index contributed by atoms with van der Waals surface area (Å²) in [4.78, 5) is 6.62. The molecular formula is C15H14N2S2. The van der Waals surface area contributed by atoms with Crippen LogP contribution >= 0.6 is 23.1 Å². The molecule has 0 bridgehead atoms. The van der Waals surface area contributed by atoms with Gasteiger partial charge >= 0.3 is 0 Å². The van der Waals surface area contributed by atoms with E-state index in [0.29, 0.717) is 0 Å². The van der Waals surface area contributed by atoms with Crippen molar-refractivity contribution in [3.63, 3.8) is 0 Å². The first-order chi connectivity index (χ1) is 9.15. The van der Waals surface area contributed by atoms with Gasteiger partial charge in [-0.25, -0.2) is 4.98 Å². The molecule has 0 radical (unpaired) electrons. The van der Waals surface area contributed by atoms with E-state index in [1.165, 1.54) is 16.0 Å². The fourth-order valence-electron chi connectivity index (χ4n) is 1.93. The Morgan fingerprint density at radius 1 is 1.11 bits per heavy atom. The molecule has 0 aliphatic carbocycles. The number of anilines is 1. The average Bonchev–Trinajstić information content (AvgIpc) is 2.86. The molecule has 0 unspecified atom stereocenters. The van der Waals surface area contributed by atoms with E-state index >= 15 is 0 Å². The molecule has 0 aliphatic heterocycles. The molecule has 0 saturated carbocycles. The van der Waals surface area contributed by atoms with Crippen molar-refractivity contribution < 1.29 is 0 Å². The summed E-state index contributed by atoms with van der Waals surface area (Å²) < 4.78 is 1.14. The predicted molar refractivity (Wildman–Crippen MR) is 84.1 cm³/mol. The van der Waals surface area contributed by atoms with Crippen LogP contribution in [0.5, 0.6) is 0 Å². The van der Waals surface area contributed by atoms with Gasteiger partial charge < -0.3 is 5.73 Å². The van der Waals surface area contributed by atoms with Crippen LogP contribution < -0.4 is 5.73 Å². The van der Waals surface area contributed by atoms with E-state index in [1.54, 1.807) is 23.1 Å². The second-order valence-corrected chi connectivity index (χ2v) is 6.53. The lowest BCUT2D eigenvalue weighted by Crippen LogP contribution is -1.90. The Morgan fingerprint density at radius 2 is 1.95 bits per heavy atom. The van der Waals surface area contributed by atoms with Crippen LogP contribution in [0.3, 0.4) is 0 Å². The minimum Gasteiger partial charge on any atom is -0.396 e. The monoisotopic (exact) mass is 286 g/mol. The van der Waals surface area contributed by atoms with Gasteiger partial charge in [0.1, 0.15) is 5.52 Å². The minimum atomic E-state index is 0.780. The van der Waals surface area contributed by atoms with Crippen molar-refractivity contribution in [2.45, 2.75) is 23.6 Å². The number of thiazole rings is 1. The van der Waals surface area contributed by atoms with Crippen molar-refractivity contribution in [2.75, 3.05) is 5.73 Å². The third kappa shape index (κ3) is 2.33. The van der Waals surface area contributed by atoms with Crippen LogP contribution in [0.25, 0.3) is 10.2 Å². The zero-order chi connectivity index (χ0) is 13.4. The summed E-state index contributed by atoms with van der Waals surface area (Å²) in [5.74, 6) is 0. The van der Waals surface area contributed by atoms with Crippen LogP contribution in [0.15, 0.2) is 45.6 Å². The molecule has 96 valence electrons. The van der Waals surface area contributed by atoms with Crippen molar-refractivity contribution in [2.24, 2.45) is 0 Å². The average molecular weight is 286 g/mol. The Morgan fingerprint density at radius 3 is 2.74 bits per heavy atom. The number of fused-ring (bicyclic) bond motifs is 1. The predicted octanol–water partition coefficient (Wildman–Crippen LogP) is 4.65. The quantitative estimate of drug-likeness (QED) is 0.697. The Hall–Kier alpha value is -1.52. The number of rotatable bonds is 2. The van der Waals surface area contributed by atoms with Gasteiger partial charge in [-0.05, 0) is 49.2 Å². The zero-order valence-electron chi connectivity index (χ0n) is 10.8. The van der Waals surface area contributed by atoms with E-state index in [0.717, 1.165) is 20.8 Å². The van der Waals surface area contributed by atoms with Crippen LogP contribution in [-0.2, 0) is 0 Å². The first kappa shape index (κ1) is 12.5. The molecule has 0 saturated heterocycles. The van der Waals surface area contributed by atoms with Crippen molar-refractivity contribution >= 4 is 39.0 Å². The van der Waals surface area contributed by atoms with Gasteiger partial charge in [0.25, 0.3) is 0 Å². The number of hydrogen-bond acceptors (Lipinski definition) is 4. The van der Waals surface area contributed by atoms with Crippen LogP contribution in [0.1, 0.15) is 11.1 Å². The topological polar surface area (TPSA) is 38.9 Å². The molecule has 0 amide bonds. The number of nitrogens with two attached hydrogens (primary N) is 1. The van der Waals surface area contributed by atoms with Gasteiger partial charge in [0.05, 0.1) is 15.9 Å². The highest BCUT2D eigenvalue weighted by atomic mass is 32.2. The van der Waals surface area contributed by atoms with Crippen LogP contribution in [0.2, 0.25) is 0 Å². The van der Waals surface area contributed by atoms with Crippen molar-refractivity contribution in [1.82, 2.24) is 4.98 Å². The molecule has 2 nitrogen and oxygen atoms in total. The van der Waals surface area contributed by atoms with E-state index < -0.39 is 0 Å². The first-order valence-electron chi connectivity index (χ1n) is 6.02. The molecule has 0 aliphatic rings. The maximum Gasteiger partial charge on any atom is 0.105 e. The highest BCUT2D eigenvalue weighted by Crippen LogP contribution is 2.37. The van der Waals surface area contributed by atoms with Gasteiger partial charge in [-0.15, -0.1) is 11.3 Å². The Kier molecular flexibility index (Phi) is 3.21. The summed E-state index contributed by atoms with van der Waals surface area (Å²) in [5.41, 5.74) is 12.4. The maximum absolute atomic E-state index is 6.20. The first-order valence-corrected chi connectivity index (χ1v) is 7.71. The molecule has 3 aromatic rings. The van der Waals surface area contributed by atoms with E-state index in [9.17, 15) is 0 Å². The summed E-state index contributed by atoms with van der Waals surface area (Å²) in [5, 5.41) is 0. The second-order valence-electron chi connectivity index (χ2n) is 4.52. The molecule has 19 heavy (non-hydrogen) atoms. The lowest BCUT2D eigenvalue weighted by molar-refractivity contribution is 1.27. The van der Waals surface area contributed by atoms with Crippen molar-refractivity contribution in [3.8, 4) is 0 Å². The van der Waals surface area contributed by atoms with E-state index in [1.807, 2.05) is 5.51 Å². The fraction of sp³-hybridized carbons (Fsp3) is 0.133. The van der Waals surface area contributed by atoms with Gasteiger partial charge in [0.2, 0.25) is 0 Å². The number of aromatic nitrogens is 1. The second kappa shape index (κ2) is 4.87. The van der Waals surface area contributed by atoms with Crippen LogP contribution in [0.4, 0.5) is 5.69 Å². The van der Waals surface area contributed by atoms with E-state index in [-0.39, 0.29) is 0 Å². The molecule has 2 N–H and O–H groups in total. The largest absolute Gasteiger partial charge is 0.396 e. The normalized spacial score (nSPS) is 11.1. The molecule has 3 rings (SSSR count). The molecule has 0 atom stereocenters. The third-order valence-electron chi connectivity index (χ3n) is 3.21. The van der Waals surface area contributed by atoms with Crippen LogP contribution in [0, 0.1) is 13.8 Å². The van der Waals surface area contributed by atoms with Crippen molar-refractivity contribution in [3.05, 3.63) is 47.0 Å². The highest BCUT2D eigenvalue weighted by Gasteiger charge is 2.08. The standard InChI is InChI=1S/C15H14N2S2/c1-9-3-4-11(7-10(9)2)19-12-5-6-13-15(14(12)16)17-8-18-13/h3-8H,16H2,1-2H3. The molecular weight excluding hydrogens is 272 g/mol. The number of nitrogen functional groups attached to an aromatic ring is 1. The maximum atomic E-state index is 6.20. The molecule has 0 spiro atoms. The van der Waals surface area contributed by atoms with Crippen molar-refractivity contribution in [1.29, 1.82) is 0 Å². The summed E-state index contributed by atoms with van der Waals surface area (Å²) in [6.07, 6.45) is 0. The number of nitrogens with zero attached hydrogens (tertiary/aromatic N) is 1. The van der Waals surface area contributed by atoms with Gasteiger partial charge in [0.15, 0.2) is 0 Å². The van der Waals surface area contributed by atoms with Gasteiger partial charge in [0, 0.05) is 9.79 Å². The summed E-state index contributed by atoms with van der Waals surface area (Å²) in [7, 11) is 0. The highest BCUT2D eigenvalue weighted by molar-refractivity contribution is 7.99. The van der Waals surface area contributed by atoms with Gasteiger partial charge in [-0.1, -0.05) is 17.8 Å². The summed E-state index contributed by atoms with van der Waals surface area (Å²) in [6.45, 7) is 4.26. The molecule has 0 fully saturated rings. The summed E-state index contributed by atoms with van der Waals surface area (Å²) >= 11 is 3.32. The fourth-order valence-corrected chi connectivity index (χ4v) is 3.59. The zero-order valence-corrected chi connectivity index (χ0v) is 12.4. The SMILES string of the molecule is Cc1ccc(Sc2ccc3scnc3c2N)cc1C. The Bertz CT molecular complexity index is 747. The van der Waals surface area contributed by atoms with Crippen LogP contribution in [-0.4, -0.2) is 4.98 Å². The molecule has 1 aromatic heterocycles. The number of hydrogen-bond donors (Lipinski definition) is 1. The summed E-state index contributed by atoms with van der Waals surface area (Å²) in [6, 6.07) is 10.7. The van der Waals surface area contributed by atoms with E-state index in [2.05, 4.69) is 49.2 Å². The van der Waals surface area contributed by atoms with E-state index in [4.69, 9.17) is 5.73 Å². The smallest absolute Gasteiger partial charge is 0.105 e. The third-order valence-corrected chi connectivity index (χ3v) is 5.07. The lowest BCUT2D eigenvalue weighted by atomic mass is 10.1. The Labute approximate surface area is 120 Å². The molecule has 1 heterocycles. The van der Waals surface area contributed by atoms with Gasteiger partial charge in [-0.2, -0.15) is 0 Å². The molecule has 2 aromatic carbocycles.